The Bertz CT molecular complexity index is 958. The molecule has 1 fully saturated rings. The van der Waals surface area contributed by atoms with Gasteiger partial charge in [-0.05, 0) is 53.6 Å². The fraction of sp³-hybridized carbons (Fsp3) is 0.389. The Kier molecular flexibility index (Phi) is 5.51. The predicted octanol–water partition coefficient (Wildman–Crippen LogP) is 4.76. The Morgan fingerprint density at radius 2 is 2.22 bits per heavy atom. The third-order valence-corrected chi connectivity index (χ3v) is 5.85. The number of imidazole rings is 1. The smallest absolute Gasteiger partial charge is 0.191 e. The first kappa shape index (κ1) is 18.5. The molecule has 9 heteroatoms. The average molecular weight is 450 g/mol. The Hall–Kier alpha value is -1.84. The number of rotatable bonds is 5. The molecule has 2 aromatic heterocycles. The normalized spacial score (nSPS) is 17.2. The number of nitrogens with zero attached hydrogens (tertiary/aromatic N) is 4. The van der Waals surface area contributed by atoms with Crippen molar-refractivity contribution in [2.75, 3.05) is 25.3 Å². The zero-order chi connectivity index (χ0) is 18.8. The molecule has 1 unspecified atom stereocenters. The Morgan fingerprint density at radius 3 is 2.96 bits per heavy atom. The molecule has 1 aliphatic heterocycles. The van der Waals surface area contributed by atoms with Gasteiger partial charge < -0.3 is 14.8 Å². The van der Waals surface area contributed by atoms with Crippen LogP contribution in [0.25, 0.3) is 11.2 Å². The van der Waals surface area contributed by atoms with Gasteiger partial charge in [-0.15, -0.1) is 0 Å². The van der Waals surface area contributed by atoms with Gasteiger partial charge in [0.1, 0.15) is 12.0 Å². The van der Waals surface area contributed by atoms with E-state index in [2.05, 4.69) is 36.2 Å². The molecule has 1 aliphatic rings. The number of anilines is 2. The first-order valence-corrected chi connectivity index (χ1v) is 10.7. The van der Waals surface area contributed by atoms with Gasteiger partial charge in [-0.3, -0.25) is 4.57 Å². The number of halogens is 1. The number of methoxy groups -OCH3 is 1. The van der Waals surface area contributed by atoms with Gasteiger partial charge in [0.25, 0.3) is 0 Å². The van der Waals surface area contributed by atoms with E-state index < -0.39 is 0 Å². The van der Waals surface area contributed by atoms with E-state index in [9.17, 15) is 0 Å². The van der Waals surface area contributed by atoms with Crippen LogP contribution in [0.2, 0.25) is 0 Å². The molecule has 3 aromatic rings. The van der Waals surface area contributed by atoms with Crippen molar-refractivity contribution in [2.24, 2.45) is 0 Å². The molecule has 1 saturated heterocycles. The number of ether oxygens (including phenoxy) is 2. The number of hydrogen-bond acceptors (Lipinski definition) is 7. The van der Waals surface area contributed by atoms with Gasteiger partial charge in [0, 0.05) is 6.61 Å². The van der Waals surface area contributed by atoms with Crippen LogP contribution in [0.5, 0.6) is 5.75 Å². The quantitative estimate of drug-likeness (QED) is 0.444. The minimum Gasteiger partial charge on any atom is -0.495 e. The molecule has 27 heavy (non-hydrogen) atoms. The van der Waals surface area contributed by atoms with Crippen LogP contribution in [0, 0.1) is 0 Å². The van der Waals surface area contributed by atoms with E-state index in [1.54, 1.807) is 13.4 Å². The minimum atomic E-state index is -0.0234. The highest BCUT2D eigenvalue weighted by atomic mass is 79.9. The van der Waals surface area contributed by atoms with Crippen LogP contribution in [-0.4, -0.2) is 39.5 Å². The number of benzene rings is 1. The second-order valence-corrected chi connectivity index (χ2v) is 7.72. The highest BCUT2D eigenvalue weighted by molar-refractivity contribution is 9.10. The molecule has 4 rings (SSSR count). The standard InChI is InChI=1S/C18H20BrN5O2S/c1-25-12-7-5-6-11(14(12)19)21-16-15-17(23-18(22-16)27-2)24(10-20-15)13-8-3-4-9-26-13/h5-7,10,13H,3-4,8-9H2,1-2H3,(H,21,22,23). The first-order chi connectivity index (χ1) is 13.2. The number of thioether (sulfide) groups is 1. The van der Waals surface area contributed by atoms with E-state index in [0.717, 1.165) is 52.9 Å². The maximum atomic E-state index is 5.92. The van der Waals surface area contributed by atoms with Crippen molar-refractivity contribution >= 4 is 50.4 Å². The fourth-order valence-corrected chi connectivity index (χ4v) is 4.01. The molecular weight excluding hydrogens is 430 g/mol. The van der Waals surface area contributed by atoms with Crippen LogP contribution >= 0.6 is 27.7 Å². The van der Waals surface area contributed by atoms with Crippen LogP contribution in [0.15, 0.2) is 34.2 Å². The van der Waals surface area contributed by atoms with Gasteiger partial charge in [-0.25, -0.2) is 15.0 Å². The van der Waals surface area contributed by atoms with Gasteiger partial charge in [0.15, 0.2) is 22.1 Å². The Morgan fingerprint density at radius 1 is 1.33 bits per heavy atom. The van der Waals surface area contributed by atoms with Crippen LogP contribution in [0.4, 0.5) is 11.5 Å². The summed E-state index contributed by atoms with van der Waals surface area (Å²) in [6, 6.07) is 5.78. The lowest BCUT2D eigenvalue weighted by molar-refractivity contribution is -0.0298. The highest BCUT2D eigenvalue weighted by Crippen LogP contribution is 2.36. The van der Waals surface area contributed by atoms with E-state index in [0.29, 0.717) is 11.0 Å². The van der Waals surface area contributed by atoms with Crippen molar-refractivity contribution in [3.05, 3.63) is 29.0 Å². The fourth-order valence-electron chi connectivity index (χ4n) is 3.12. The largest absolute Gasteiger partial charge is 0.495 e. The van der Waals surface area contributed by atoms with Crippen LogP contribution < -0.4 is 10.1 Å². The molecular formula is C18H20BrN5O2S. The molecule has 1 atom stereocenters. The van der Waals surface area contributed by atoms with Crippen molar-refractivity contribution in [1.29, 1.82) is 0 Å². The van der Waals surface area contributed by atoms with Crippen LogP contribution in [0.3, 0.4) is 0 Å². The third kappa shape index (κ3) is 3.63. The van der Waals surface area contributed by atoms with E-state index in [-0.39, 0.29) is 6.23 Å². The molecule has 0 bridgehead atoms. The number of fused-ring (bicyclic) bond motifs is 1. The second kappa shape index (κ2) is 8.04. The van der Waals surface area contributed by atoms with Gasteiger partial charge in [0.2, 0.25) is 0 Å². The van der Waals surface area contributed by atoms with Crippen molar-refractivity contribution in [1.82, 2.24) is 19.5 Å². The highest BCUT2D eigenvalue weighted by Gasteiger charge is 2.21. The van der Waals surface area contributed by atoms with Crippen molar-refractivity contribution in [3.63, 3.8) is 0 Å². The van der Waals surface area contributed by atoms with Gasteiger partial charge in [-0.2, -0.15) is 0 Å². The molecule has 1 N–H and O–H groups in total. The molecule has 0 radical (unpaired) electrons. The molecule has 1 aromatic carbocycles. The number of aromatic nitrogens is 4. The predicted molar refractivity (Wildman–Crippen MR) is 110 cm³/mol. The summed E-state index contributed by atoms with van der Waals surface area (Å²) in [4.78, 5) is 13.9. The molecule has 3 heterocycles. The lowest BCUT2D eigenvalue weighted by atomic mass is 10.2. The monoisotopic (exact) mass is 449 g/mol. The Balaban J connectivity index is 1.77. The summed E-state index contributed by atoms with van der Waals surface area (Å²) in [5.74, 6) is 1.41. The SMILES string of the molecule is COc1cccc(Nc2nc(SC)nc3c2ncn3C2CCCCO2)c1Br. The number of nitrogens with one attached hydrogen (secondary N) is 1. The maximum absolute atomic E-state index is 5.92. The van der Waals surface area contributed by atoms with Gasteiger partial charge >= 0.3 is 0 Å². The summed E-state index contributed by atoms with van der Waals surface area (Å²) in [5, 5.41) is 4.05. The summed E-state index contributed by atoms with van der Waals surface area (Å²) in [5.41, 5.74) is 2.35. The summed E-state index contributed by atoms with van der Waals surface area (Å²) < 4.78 is 14.2. The second-order valence-electron chi connectivity index (χ2n) is 6.15. The first-order valence-electron chi connectivity index (χ1n) is 8.71. The topological polar surface area (TPSA) is 74.1 Å². The molecule has 0 aliphatic carbocycles. The molecule has 0 saturated carbocycles. The third-order valence-electron chi connectivity index (χ3n) is 4.49. The summed E-state index contributed by atoms with van der Waals surface area (Å²) in [7, 11) is 1.64. The average Bonchev–Trinajstić information content (AvgIpc) is 3.14. The van der Waals surface area contributed by atoms with E-state index in [1.165, 1.54) is 11.8 Å². The van der Waals surface area contributed by atoms with Crippen molar-refractivity contribution in [2.45, 2.75) is 30.6 Å². The van der Waals surface area contributed by atoms with Gasteiger partial charge in [0.05, 0.1) is 23.6 Å². The molecule has 0 spiro atoms. The lowest BCUT2D eigenvalue weighted by Crippen LogP contribution is -2.17. The van der Waals surface area contributed by atoms with Crippen LogP contribution in [0.1, 0.15) is 25.5 Å². The molecule has 0 amide bonds. The van der Waals surface area contributed by atoms with Crippen LogP contribution in [-0.2, 0) is 4.74 Å². The minimum absolute atomic E-state index is 0.0234. The van der Waals surface area contributed by atoms with E-state index in [4.69, 9.17) is 9.47 Å². The van der Waals surface area contributed by atoms with Gasteiger partial charge in [-0.1, -0.05) is 17.8 Å². The lowest BCUT2D eigenvalue weighted by Gasteiger charge is -2.23. The molecule has 142 valence electrons. The van der Waals surface area contributed by atoms with E-state index >= 15 is 0 Å². The zero-order valence-corrected chi connectivity index (χ0v) is 17.5. The summed E-state index contributed by atoms with van der Waals surface area (Å²) >= 11 is 5.08. The van der Waals surface area contributed by atoms with Crippen molar-refractivity contribution in [3.8, 4) is 5.75 Å². The summed E-state index contributed by atoms with van der Waals surface area (Å²) in [6.07, 6.45) is 6.95. The molecule has 7 nitrogen and oxygen atoms in total. The maximum Gasteiger partial charge on any atom is 0.191 e. The van der Waals surface area contributed by atoms with Crippen molar-refractivity contribution < 1.29 is 9.47 Å². The summed E-state index contributed by atoms with van der Waals surface area (Å²) in [6.45, 7) is 0.771. The number of hydrogen-bond donors (Lipinski definition) is 1. The zero-order valence-electron chi connectivity index (χ0n) is 15.1. The Labute approximate surface area is 170 Å². The van der Waals surface area contributed by atoms with E-state index in [1.807, 2.05) is 29.0 Å².